The molecule has 5 heteroatoms. The summed E-state index contributed by atoms with van der Waals surface area (Å²) < 4.78 is 14.3. The number of nitrogens with two attached hydrogens (primary N) is 1. The smallest absolute Gasteiger partial charge is 0.126 e. The molecule has 0 fully saturated rings. The molecule has 0 amide bonds. The van der Waals surface area contributed by atoms with Crippen LogP contribution in [0.4, 0.5) is 4.39 Å². The number of nitrogens with zero attached hydrogens (tertiary/aromatic N) is 2. The summed E-state index contributed by atoms with van der Waals surface area (Å²) in [5.74, 6) is -0.315. The van der Waals surface area contributed by atoms with Gasteiger partial charge in [-0.15, -0.1) is 0 Å². The van der Waals surface area contributed by atoms with Crippen molar-refractivity contribution < 1.29 is 4.39 Å². The number of aryl methyl sites for hydroxylation is 1. The summed E-state index contributed by atoms with van der Waals surface area (Å²) in [7, 11) is 0. The van der Waals surface area contributed by atoms with Crippen LogP contribution in [0.5, 0.6) is 0 Å². The van der Waals surface area contributed by atoms with E-state index in [1.54, 1.807) is 29.9 Å². The third-order valence-corrected chi connectivity index (χ3v) is 2.28. The number of aromatic nitrogens is 2. The lowest BCUT2D eigenvalue weighted by atomic mass is 10.2. The fraction of sp³-hybridized carbons (Fsp3) is 0.0909. The van der Waals surface area contributed by atoms with Gasteiger partial charge in [0.25, 0.3) is 0 Å². The molecular formula is C11H11FN4. The van der Waals surface area contributed by atoms with E-state index < -0.39 is 0 Å². The molecule has 2 aromatic rings. The Bertz CT molecular complexity index is 527. The van der Waals surface area contributed by atoms with Crippen LogP contribution in [-0.4, -0.2) is 15.6 Å². The Morgan fingerprint density at radius 3 is 2.50 bits per heavy atom. The Labute approximate surface area is 92.0 Å². The molecule has 0 radical (unpaired) electrons. The largest absolute Gasteiger partial charge is 0.384 e. The lowest BCUT2D eigenvalue weighted by Crippen LogP contribution is -2.11. The van der Waals surface area contributed by atoms with Crippen LogP contribution in [0.15, 0.2) is 30.5 Å². The van der Waals surface area contributed by atoms with Gasteiger partial charge in [0.2, 0.25) is 0 Å². The highest BCUT2D eigenvalue weighted by atomic mass is 19.1. The van der Waals surface area contributed by atoms with Gasteiger partial charge < -0.3 is 5.73 Å². The minimum atomic E-state index is -0.292. The number of nitrogens with one attached hydrogen (secondary N) is 1. The summed E-state index contributed by atoms with van der Waals surface area (Å²) in [5.41, 5.74) is 7.40. The maximum Gasteiger partial charge on any atom is 0.126 e. The number of halogens is 1. The Balaban J connectivity index is 2.45. The molecule has 0 aliphatic heterocycles. The summed E-state index contributed by atoms with van der Waals surface area (Å²) in [4.78, 5) is 0. The van der Waals surface area contributed by atoms with E-state index in [0.717, 1.165) is 5.69 Å². The third kappa shape index (κ3) is 1.79. The molecule has 0 saturated carbocycles. The van der Waals surface area contributed by atoms with Crippen molar-refractivity contribution in [3.63, 3.8) is 0 Å². The van der Waals surface area contributed by atoms with Crippen LogP contribution in [-0.2, 0) is 0 Å². The molecule has 0 spiro atoms. The van der Waals surface area contributed by atoms with Crippen LogP contribution >= 0.6 is 0 Å². The van der Waals surface area contributed by atoms with Crippen LogP contribution in [0.25, 0.3) is 5.69 Å². The van der Waals surface area contributed by atoms with Gasteiger partial charge in [-0.05, 0) is 31.2 Å². The van der Waals surface area contributed by atoms with E-state index in [1.165, 1.54) is 12.1 Å². The van der Waals surface area contributed by atoms with Crippen molar-refractivity contribution in [3.05, 3.63) is 47.5 Å². The average Bonchev–Trinajstić information content (AvgIpc) is 2.61. The van der Waals surface area contributed by atoms with Crippen molar-refractivity contribution in [2.45, 2.75) is 6.92 Å². The first-order chi connectivity index (χ1) is 7.58. The zero-order valence-electron chi connectivity index (χ0n) is 8.74. The number of amidine groups is 1. The predicted octanol–water partition coefficient (Wildman–Crippen LogP) is 1.60. The maximum absolute atomic E-state index is 12.7. The summed E-state index contributed by atoms with van der Waals surface area (Å²) in [5, 5.41) is 11.6. The zero-order chi connectivity index (χ0) is 11.7. The summed E-state index contributed by atoms with van der Waals surface area (Å²) in [6.07, 6.45) is 1.66. The summed E-state index contributed by atoms with van der Waals surface area (Å²) in [6.45, 7) is 1.77. The average molecular weight is 218 g/mol. The van der Waals surface area contributed by atoms with E-state index in [9.17, 15) is 4.39 Å². The minimum Gasteiger partial charge on any atom is -0.384 e. The molecule has 4 nitrogen and oxygen atoms in total. The van der Waals surface area contributed by atoms with Gasteiger partial charge >= 0.3 is 0 Å². The summed E-state index contributed by atoms with van der Waals surface area (Å²) in [6, 6.07) is 5.96. The van der Waals surface area contributed by atoms with Crippen LogP contribution in [0.3, 0.4) is 0 Å². The Hall–Kier alpha value is -2.17. The van der Waals surface area contributed by atoms with Gasteiger partial charge in [0.1, 0.15) is 11.7 Å². The van der Waals surface area contributed by atoms with Crippen molar-refractivity contribution in [2.75, 3.05) is 0 Å². The second-order valence-corrected chi connectivity index (χ2v) is 3.46. The molecule has 0 bridgehead atoms. The highest BCUT2D eigenvalue weighted by Crippen LogP contribution is 2.12. The number of hydrogen-bond acceptors (Lipinski definition) is 2. The molecule has 1 heterocycles. The van der Waals surface area contributed by atoms with E-state index in [-0.39, 0.29) is 11.7 Å². The van der Waals surface area contributed by atoms with Gasteiger partial charge in [-0.25, -0.2) is 9.07 Å². The molecule has 0 unspecified atom stereocenters. The molecule has 3 N–H and O–H groups in total. The van der Waals surface area contributed by atoms with Crippen LogP contribution in [0.2, 0.25) is 0 Å². The fourth-order valence-electron chi connectivity index (χ4n) is 1.45. The molecule has 0 aliphatic rings. The minimum absolute atomic E-state index is 0.0224. The Kier molecular flexibility index (Phi) is 2.44. The second kappa shape index (κ2) is 3.77. The van der Waals surface area contributed by atoms with E-state index in [4.69, 9.17) is 11.1 Å². The highest BCUT2D eigenvalue weighted by Gasteiger charge is 2.08. The van der Waals surface area contributed by atoms with Crippen LogP contribution < -0.4 is 5.73 Å². The zero-order valence-corrected chi connectivity index (χ0v) is 8.74. The fourth-order valence-corrected chi connectivity index (χ4v) is 1.45. The van der Waals surface area contributed by atoms with Crippen molar-refractivity contribution >= 4 is 5.84 Å². The normalized spacial score (nSPS) is 10.4. The predicted molar refractivity (Wildman–Crippen MR) is 59.3 cm³/mol. The van der Waals surface area contributed by atoms with E-state index in [2.05, 4.69) is 5.10 Å². The molecule has 0 saturated heterocycles. The number of hydrogen-bond donors (Lipinski definition) is 2. The molecule has 1 aromatic heterocycles. The Morgan fingerprint density at radius 2 is 2.00 bits per heavy atom. The van der Waals surface area contributed by atoms with Crippen molar-refractivity contribution in [2.24, 2.45) is 5.73 Å². The van der Waals surface area contributed by atoms with Crippen molar-refractivity contribution in [3.8, 4) is 5.69 Å². The van der Waals surface area contributed by atoms with Crippen LogP contribution in [0.1, 0.15) is 11.3 Å². The first-order valence-corrected chi connectivity index (χ1v) is 4.74. The van der Waals surface area contributed by atoms with Gasteiger partial charge in [0, 0.05) is 6.20 Å². The monoisotopic (exact) mass is 218 g/mol. The lowest BCUT2D eigenvalue weighted by Gasteiger charge is -1.99. The molecule has 2 rings (SSSR count). The number of rotatable bonds is 2. The van der Waals surface area contributed by atoms with E-state index >= 15 is 0 Å². The van der Waals surface area contributed by atoms with Gasteiger partial charge in [0.15, 0.2) is 0 Å². The number of nitrogen functional groups attached to an aromatic ring is 1. The van der Waals surface area contributed by atoms with Gasteiger partial charge in [-0.1, -0.05) is 0 Å². The molecule has 82 valence electrons. The topological polar surface area (TPSA) is 67.7 Å². The first kappa shape index (κ1) is 10.4. The Morgan fingerprint density at radius 1 is 1.38 bits per heavy atom. The van der Waals surface area contributed by atoms with Crippen molar-refractivity contribution in [1.29, 1.82) is 5.41 Å². The molecule has 0 atom stereocenters. The SMILES string of the molecule is Cc1nn(-c2ccc(F)cc2)cc1C(=N)N. The third-order valence-electron chi connectivity index (χ3n) is 2.28. The summed E-state index contributed by atoms with van der Waals surface area (Å²) >= 11 is 0. The highest BCUT2D eigenvalue weighted by molar-refractivity contribution is 5.95. The maximum atomic E-state index is 12.7. The molecule has 1 aromatic carbocycles. The van der Waals surface area contributed by atoms with E-state index in [1.807, 2.05) is 0 Å². The lowest BCUT2D eigenvalue weighted by molar-refractivity contribution is 0.627. The molecule has 16 heavy (non-hydrogen) atoms. The second-order valence-electron chi connectivity index (χ2n) is 3.46. The standard InChI is InChI=1S/C11H11FN4/c1-7-10(11(13)14)6-16(15-7)9-4-2-8(12)3-5-9/h2-6H,1H3,(H3,13,14). The molecular weight excluding hydrogens is 207 g/mol. The molecule has 0 aliphatic carbocycles. The first-order valence-electron chi connectivity index (χ1n) is 4.74. The van der Waals surface area contributed by atoms with E-state index in [0.29, 0.717) is 11.3 Å². The quantitative estimate of drug-likeness (QED) is 0.594. The van der Waals surface area contributed by atoms with Crippen molar-refractivity contribution in [1.82, 2.24) is 9.78 Å². The van der Waals surface area contributed by atoms with Gasteiger partial charge in [0.05, 0.1) is 16.9 Å². The van der Waals surface area contributed by atoms with Crippen LogP contribution in [0, 0.1) is 18.2 Å². The van der Waals surface area contributed by atoms with Gasteiger partial charge in [-0.3, -0.25) is 5.41 Å². The van der Waals surface area contributed by atoms with Gasteiger partial charge in [-0.2, -0.15) is 5.10 Å². The number of benzene rings is 1.